The molecule has 0 bridgehead atoms. The van der Waals surface area contributed by atoms with Gasteiger partial charge in [-0.2, -0.15) is 5.26 Å². The monoisotopic (exact) mass is 461 g/mol. The second-order valence-electron chi connectivity index (χ2n) is 5.41. The van der Waals surface area contributed by atoms with Crippen molar-refractivity contribution < 1.29 is 14.2 Å². The minimum atomic E-state index is 0.234. The molecule has 0 aliphatic carbocycles. The fourth-order valence-corrected chi connectivity index (χ4v) is 3.80. The second kappa shape index (κ2) is 6.94. The molecule has 2 heterocycles. The summed E-state index contributed by atoms with van der Waals surface area (Å²) in [6, 6.07) is 16.1. The van der Waals surface area contributed by atoms with E-state index >= 15 is 0 Å². The zero-order valence-electron chi connectivity index (χ0n) is 13.0. The van der Waals surface area contributed by atoms with Gasteiger partial charge in [0.05, 0.1) is 0 Å². The second-order valence-corrected chi connectivity index (χ2v) is 7.49. The minimum absolute atomic E-state index is 0.234. The molecule has 2 aromatic carbocycles. The number of nitriles is 1. The Morgan fingerprint density at radius 2 is 1.92 bits per heavy atom. The van der Waals surface area contributed by atoms with Crippen LogP contribution in [-0.4, -0.2) is 6.79 Å². The van der Waals surface area contributed by atoms with Crippen molar-refractivity contribution >= 4 is 33.9 Å². The molecule has 1 aliphatic rings. The van der Waals surface area contributed by atoms with E-state index in [2.05, 4.69) is 28.7 Å². The summed E-state index contributed by atoms with van der Waals surface area (Å²) in [5, 5.41) is 12.2. The first-order valence-electron chi connectivity index (χ1n) is 7.53. The molecule has 6 heteroatoms. The molecule has 0 atom stereocenters. The molecule has 0 unspecified atom stereocenters. The zero-order valence-corrected chi connectivity index (χ0v) is 16.0. The van der Waals surface area contributed by atoms with Crippen LogP contribution in [0.2, 0.25) is 0 Å². The first-order chi connectivity index (χ1) is 12.2. The molecule has 0 saturated carbocycles. The van der Waals surface area contributed by atoms with Crippen molar-refractivity contribution in [2.75, 3.05) is 6.79 Å². The molecule has 25 heavy (non-hydrogen) atoms. The lowest BCUT2D eigenvalue weighted by Gasteiger charge is -2.06. The molecule has 1 aliphatic heterocycles. The van der Waals surface area contributed by atoms with Crippen LogP contribution in [0.1, 0.15) is 11.1 Å². The summed E-state index contributed by atoms with van der Waals surface area (Å²) in [7, 11) is 0. The molecule has 3 aromatic rings. The predicted octanol–water partition coefficient (Wildman–Crippen LogP) is 5.20. The van der Waals surface area contributed by atoms with E-state index in [4.69, 9.17) is 14.2 Å². The van der Waals surface area contributed by atoms with Gasteiger partial charge in [-0.1, -0.05) is 18.2 Å². The highest BCUT2D eigenvalue weighted by atomic mass is 127. The number of halogens is 1. The third kappa shape index (κ3) is 3.30. The Hall–Kier alpha value is -2.24. The lowest BCUT2D eigenvalue weighted by atomic mass is 10.0. The summed E-state index contributed by atoms with van der Waals surface area (Å²) >= 11 is 3.70. The summed E-state index contributed by atoms with van der Waals surface area (Å²) in [5.74, 6) is 1.43. The number of ether oxygens (including phenoxy) is 3. The van der Waals surface area contributed by atoms with Gasteiger partial charge in [-0.3, -0.25) is 0 Å². The van der Waals surface area contributed by atoms with Crippen molar-refractivity contribution in [1.29, 1.82) is 5.26 Å². The molecule has 0 radical (unpaired) electrons. The Morgan fingerprint density at radius 3 is 2.72 bits per heavy atom. The number of hydrogen-bond acceptors (Lipinski definition) is 5. The molecular weight excluding hydrogens is 449 g/mol. The largest absolute Gasteiger partial charge is 0.478 e. The van der Waals surface area contributed by atoms with E-state index in [1.807, 2.05) is 47.8 Å². The topological polar surface area (TPSA) is 51.5 Å². The first kappa shape index (κ1) is 16.2. The molecule has 124 valence electrons. The van der Waals surface area contributed by atoms with E-state index in [9.17, 15) is 5.26 Å². The summed E-state index contributed by atoms with van der Waals surface area (Å²) in [4.78, 5) is 0. The summed E-state index contributed by atoms with van der Waals surface area (Å²) in [6.45, 7) is 0.671. The fraction of sp³-hybridized carbons (Fsp3) is 0.105. The van der Waals surface area contributed by atoms with Gasteiger partial charge in [0.1, 0.15) is 18.2 Å². The minimum Gasteiger partial charge on any atom is -0.478 e. The van der Waals surface area contributed by atoms with Gasteiger partial charge in [-0.25, -0.2) is 0 Å². The van der Waals surface area contributed by atoms with Crippen LogP contribution in [0.15, 0.2) is 47.8 Å². The molecule has 0 saturated heterocycles. The van der Waals surface area contributed by atoms with Gasteiger partial charge in [-0.05, 0) is 58.0 Å². The standard InChI is InChI=1S/C19H12INO3S/c20-14-4-1-12(2-5-14)9-22-19-15(8-21)16(10-25-19)13-3-6-17-18(7-13)24-11-23-17/h1-7,10H,9,11H2. The van der Waals surface area contributed by atoms with Crippen molar-refractivity contribution in [3.8, 4) is 33.8 Å². The maximum absolute atomic E-state index is 9.60. The van der Waals surface area contributed by atoms with Crippen LogP contribution >= 0.6 is 33.9 Å². The first-order valence-corrected chi connectivity index (χ1v) is 9.49. The van der Waals surface area contributed by atoms with Crippen molar-refractivity contribution in [3.05, 3.63) is 62.5 Å². The molecule has 0 fully saturated rings. The zero-order chi connectivity index (χ0) is 17.2. The number of nitrogens with zero attached hydrogens (tertiary/aromatic N) is 1. The van der Waals surface area contributed by atoms with Crippen LogP contribution in [0.25, 0.3) is 11.1 Å². The van der Waals surface area contributed by atoms with E-state index in [1.165, 1.54) is 14.9 Å². The third-order valence-electron chi connectivity index (χ3n) is 3.84. The SMILES string of the molecule is N#Cc1c(-c2ccc3c(c2)OCO3)csc1OCc1ccc(I)cc1. The van der Waals surface area contributed by atoms with Crippen molar-refractivity contribution in [3.63, 3.8) is 0 Å². The average molecular weight is 461 g/mol. The van der Waals surface area contributed by atoms with Crippen molar-refractivity contribution in [2.45, 2.75) is 6.61 Å². The molecular formula is C19H12INO3S. The normalized spacial score (nSPS) is 12.0. The Balaban J connectivity index is 1.59. The Labute approximate surface area is 162 Å². The van der Waals surface area contributed by atoms with Gasteiger partial charge in [0.2, 0.25) is 6.79 Å². The Bertz CT molecular complexity index is 960. The molecule has 0 N–H and O–H groups in total. The molecule has 4 nitrogen and oxygen atoms in total. The predicted molar refractivity (Wildman–Crippen MR) is 104 cm³/mol. The van der Waals surface area contributed by atoms with Gasteiger partial charge in [0.15, 0.2) is 16.6 Å². The van der Waals surface area contributed by atoms with Gasteiger partial charge in [-0.15, -0.1) is 11.3 Å². The van der Waals surface area contributed by atoms with Crippen LogP contribution in [-0.2, 0) is 6.61 Å². The summed E-state index contributed by atoms with van der Waals surface area (Å²) in [6.07, 6.45) is 0. The fourth-order valence-electron chi connectivity index (χ4n) is 2.56. The number of benzene rings is 2. The summed E-state index contributed by atoms with van der Waals surface area (Å²) < 4.78 is 17.8. The number of rotatable bonds is 4. The van der Waals surface area contributed by atoms with Gasteiger partial charge in [0, 0.05) is 14.5 Å². The van der Waals surface area contributed by atoms with Gasteiger partial charge in [0.25, 0.3) is 0 Å². The van der Waals surface area contributed by atoms with E-state index in [0.29, 0.717) is 23.0 Å². The lowest BCUT2D eigenvalue weighted by Crippen LogP contribution is -1.95. The third-order valence-corrected chi connectivity index (χ3v) is 5.44. The highest BCUT2D eigenvalue weighted by Crippen LogP contribution is 2.41. The van der Waals surface area contributed by atoms with Crippen molar-refractivity contribution in [2.24, 2.45) is 0 Å². The van der Waals surface area contributed by atoms with Gasteiger partial charge < -0.3 is 14.2 Å². The van der Waals surface area contributed by atoms with E-state index in [0.717, 1.165) is 22.4 Å². The number of hydrogen-bond donors (Lipinski definition) is 0. The summed E-state index contributed by atoms with van der Waals surface area (Å²) in [5.41, 5.74) is 3.39. The van der Waals surface area contributed by atoms with Crippen LogP contribution < -0.4 is 14.2 Å². The Kier molecular flexibility index (Phi) is 4.51. The average Bonchev–Trinajstić information content (AvgIpc) is 3.26. The van der Waals surface area contributed by atoms with Crippen molar-refractivity contribution in [1.82, 2.24) is 0 Å². The highest BCUT2D eigenvalue weighted by Gasteiger charge is 2.18. The quantitative estimate of drug-likeness (QED) is 0.502. The van der Waals surface area contributed by atoms with E-state index < -0.39 is 0 Å². The number of thiophene rings is 1. The molecule has 4 rings (SSSR count). The molecule has 1 aromatic heterocycles. The van der Waals surface area contributed by atoms with E-state index in [1.54, 1.807) is 0 Å². The van der Waals surface area contributed by atoms with Crippen LogP contribution in [0.3, 0.4) is 0 Å². The van der Waals surface area contributed by atoms with Crippen LogP contribution in [0.5, 0.6) is 16.6 Å². The maximum Gasteiger partial charge on any atom is 0.231 e. The molecule has 0 amide bonds. The van der Waals surface area contributed by atoms with Crippen LogP contribution in [0, 0.1) is 14.9 Å². The maximum atomic E-state index is 9.60. The van der Waals surface area contributed by atoms with Gasteiger partial charge >= 0.3 is 0 Å². The smallest absolute Gasteiger partial charge is 0.231 e. The van der Waals surface area contributed by atoms with Crippen LogP contribution in [0.4, 0.5) is 0 Å². The van der Waals surface area contributed by atoms with E-state index in [-0.39, 0.29) is 6.79 Å². The Morgan fingerprint density at radius 1 is 1.12 bits per heavy atom. The lowest BCUT2D eigenvalue weighted by molar-refractivity contribution is 0.174. The molecule has 0 spiro atoms. The highest BCUT2D eigenvalue weighted by molar-refractivity contribution is 14.1. The number of fused-ring (bicyclic) bond motifs is 1.